The number of nitrogens with one attached hydrogen (secondary N) is 2. The molecular weight excluding hydrogens is 392 g/mol. The summed E-state index contributed by atoms with van der Waals surface area (Å²) in [5, 5.41) is 12.4. The minimum Gasteiger partial charge on any atom is -0.496 e. The number of hydrogen-bond acceptors (Lipinski definition) is 4. The van der Waals surface area contributed by atoms with Crippen LogP contribution in [0.2, 0.25) is 0 Å². The molecule has 0 spiro atoms. The van der Waals surface area contributed by atoms with Crippen LogP contribution in [0.25, 0.3) is 10.8 Å². The topological polar surface area (TPSA) is 85.2 Å². The van der Waals surface area contributed by atoms with E-state index >= 15 is 0 Å². The Labute approximate surface area is 181 Å². The SMILES string of the molecule is COc1ccc(CC2(CCC(=O)NCc3cnn(C)c3)CCC(=O)N2)c2ccccc12. The maximum Gasteiger partial charge on any atom is 0.220 e. The van der Waals surface area contributed by atoms with E-state index in [0.717, 1.165) is 34.1 Å². The second kappa shape index (κ2) is 8.79. The van der Waals surface area contributed by atoms with Gasteiger partial charge in [-0.1, -0.05) is 30.3 Å². The van der Waals surface area contributed by atoms with Crippen LogP contribution in [0.4, 0.5) is 0 Å². The molecule has 2 heterocycles. The van der Waals surface area contributed by atoms with Crippen molar-refractivity contribution in [3.05, 3.63) is 59.9 Å². The largest absolute Gasteiger partial charge is 0.496 e. The van der Waals surface area contributed by atoms with E-state index in [1.807, 2.05) is 37.5 Å². The van der Waals surface area contributed by atoms with Crippen LogP contribution in [0.3, 0.4) is 0 Å². The number of ether oxygens (including phenoxy) is 1. The molecule has 7 heteroatoms. The van der Waals surface area contributed by atoms with Crippen LogP contribution >= 0.6 is 0 Å². The lowest BCUT2D eigenvalue weighted by Crippen LogP contribution is -2.44. The van der Waals surface area contributed by atoms with E-state index in [2.05, 4.69) is 27.9 Å². The highest BCUT2D eigenvalue weighted by atomic mass is 16.5. The van der Waals surface area contributed by atoms with Crippen molar-refractivity contribution in [2.75, 3.05) is 7.11 Å². The molecule has 2 N–H and O–H groups in total. The molecule has 0 radical (unpaired) electrons. The first-order valence-corrected chi connectivity index (χ1v) is 10.6. The summed E-state index contributed by atoms with van der Waals surface area (Å²) >= 11 is 0. The first kappa shape index (κ1) is 20.9. The molecule has 0 aliphatic carbocycles. The van der Waals surface area contributed by atoms with Gasteiger partial charge in [-0.25, -0.2) is 0 Å². The van der Waals surface area contributed by atoms with Gasteiger partial charge in [0.1, 0.15) is 5.75 Å². The molecule has 1 fully saturated rings. The summed E-state index contributed by atoms with van der Waals surface area (Å²) in [6.45, 7) is 0.454. The number of hydrogen-bond donors (Lipinski definition) is 2. The predicted octanol–water partition coefficient (Wildman–Crippen LogP) is 2.87. The molecular formula is C24H28N4O3. The molecule has 0 saturated carbocycles. The molecule has 162 valence electrons. The fraction of sp³-hybridized carbons (Fsp3) is 0.375. The average Bonchev–Trinajstić information content (AvgIpc) is 3.36. The number of aryl methyl sites for hydroxylation is 1. The quantitative estimate of drug-likeness (QED) is 0.587. The second-order valence-corrected chi connectivity index (χ2v) is 8.28. The van der Waals surface area contributed by atoms with E-state index < -0.39 is 5.54 Å². The zero-order valence-corrected chi connectivity index (χ0v) is 18.0. The smallest absolute Gasteiger partial charge is 0.220 e. The maximum absolute atomic E-state index is 12.5. The molecule has 1 aliphatic rings. The van der Waals surface area contributed by atoms with Crippen LogP contribution in [0, 0.1) is 0 Å². The number of methoxy groups -OCH3 is 1. The number of rotatable bonds is 8. The summed E-state index contributed by atoms with van der Waals surface area (Å²) in [4.78, 5) is 24.6. The molecule has 2 aromatic carbocycles. The summed E-state index contributed by atoms with van der Waals surface area (Å²) in [6.07, 6.45) is 6.47. The third-order valence-electron chi connectivity index (χ3n) is 6.04. The minimum atomic E-state index is -0.417. The Bertz CT molecular complexity index is 1110. The molecule has 1 aliphatic heterocycles. The zero-order valence-electron chi connectivity index (χ0n) is 18.0. The number of carbonyl (C=O) groups excluding carboxylic acids is 2. The molecule has 31 heavy (non-hydrogen) atoms. The van der Waals surface area contributed by atoms with Crippen LogP contribution < -0.4 is 15.4 Å². The van der Waals surface area contributed by atoms with Gasteiger partial charge in [-0.15, -0.1) is 0 Å². The molecule has 0 bridgehead atoms. The van der Waals surface area contributed by atoms with Gasteiger partial charge in [0.15, 0.2) is 0 Å². The predicted molar refractivity (Wildman–Crippen MR) is 119 cm³/mol. The molecule has 2 amide bonds. The Morgan fingerprint density at radius 2 is 2.06 bits per heavy atom. The van der Waals surface area contributed by atoms with Gasteiger partial charge in [-0.2, -0.15) is 5.10 Å². The van der Waals surface area contributed by atoms with E-state index in [-0.39, 0.29) is 11.8 Å². The van der Waals surface area contributed by atoms with Gasteiger partial charge in [0.2, 0.25) is 11.8 Å². The lowest BCUT2D eigenvalue weighted by Gasteiger charge is -2.30. The highest BCUT2D eigenvalue weighted by molar-refractivity contribution is 5.91. The van der Waals surface area contributed by atoms with Crippen LogP contribution in [0.1, 0.15) is 36.8 Å². The maximum atomic E-state index is 12.5. The highest BCUT2D eigenvalue weighted by Gasteiger charge is 2.38. The van der Waals surface area contributed by atoms with Crippen molar-refractivity contribution < 1.29 is 14.3 Å². The Morgan fingerprint density at radius 1 is 1.26 bits per heavy atom. The Balaban J connectivity index is 1.48. The third kappa shape index (κ3) is 4.71. The monoisotopic (exact) mass is 420 g/mol. The number of amides is 2. The molecule has 7 nitrogen and oxygen atoms in total. The Morgan fingerprint density at radius 3 is 2.74 bits per heavy atom. The number of carbonyl (C=O) groups is 2. The van der Waals surface area contributed by atoms with Crippen molar-refractivity contribution in [1.82, 2.24) is 20.4 Å². The van der Waals surface area contributed by atoms with E-state index in [1.165, 1.54) is 0 Å². The van der Waals surface area contributed by atoms with Crippen molar-refractivity contribution >= 4 is 22.6 Å². The first-order valence-electron chi connectivity index (χ1n) is 10.6. The van der Waals surface area contributed by atoms with E-state index in [4.69, 9.17) is 4.74 Å². The van der Waals surface area contributed by atoms with Gasteiger partial charge in [-0.05, 0) is 36.3 Å². The van der Waals surface area contributed by atoms with Crippen LogP contribution in [-0.2, 0) is 29.6 Å². The Kier molecular flexibility index (Phi) is 5.93. The van der Waals surface area contributed by atoms with E-state index in [0.29, 0.717) is 32.2 Å². The van der Waals surface area contributed by atoms with Gasteiger partial charge in [-0.3, -0.25) is 14.3 Å². The lowest BCUT2D eigenvalue weighted by molar-refractivity contribution is -0.122. The van der Waals surface area contributed by atoms with Crippen molar-refractivity contribution in [1.29, 1.82) is 0 Å². The standard InChI is InChI=1S/C24H28N4O3/c1-28-16-17(15-26-28)14-25-22(29)9-11-24(12-10-23(30)27-24)13-18-7-8-21(31-2)20-6-4-3-5-19(18)20/h3-8,15-16H,9-14H2,1-2H3,(H,25,29)(H,27,30). The van der Waals surface area contributed by atoms with Crippen molar-refractivity contribution in [3.63, 3.8) is 0 Å². The third-order valence-corrected chi connectivity index (χ3v) is 6.04. The Hall–Kier alpha value is -3.35. The van der Waals surface area contributed by atoms with Gasteiger partial charge in [0, 0.05) is 49.1 Å². The fourth-order valence-corrected chi connectivity index (χ4v) is 4.42. The molecule has 1 atom stereocenters. The first-order chi connectivity index (χ1) is 15.0. The summed E-state index contributed by atoms with van der Waals surface area (Å²) in [7, 11) is 3.52. The molecule has 4 rings (SSSR count). The normalized spacial score (nSPS) is 18.2. The second-order valence-electron chi connectivity index (χ2n) is 8.28. The number of nitrogens with zero attached hydrogens (tertiary/aromatic N) is 2. The highest BCUT2D eigenvalue weighted by Crippen LogP contribution is 2.34. The van der Waals surface area contributed by atoms with Crippen LogP contribution in [0.5, 0.6) is 5.75 Å². The van der Waals surface area contributed by atoms with Gasteiger partial charge < -0.3 is 15.4 Å². The minimum absolute atomic E-state index is 0.0241. The average molecular weight is 421 g/mol. The van der Waals surface area contributed by atoms with Crippen molar-refractivity contribution in [2.24, 2.45) is 7.05 Å². The summed E-state index contributed by atoms with van der Waals surface area (Å²) in [6, 6.07) is 12.2. The van der Waals surface area contributed by atoms with Crippen LogP contribution in [0.15, 0.2) is 48.8 Å². The van der Waals surface area contributed by atoms with Gasteiger partial charge >= 0.3 is 0 Å². The van der Waals surface area contributed by atoms with E-state index in [1.54, 1.807) is 18.0 Å². The molecule has 1 saturated heterocycles. The molecule has 1 unspecified atom stereocenters. The number of fused-ring (bicyclic) bond motifs is 1. The van der Waals surface area contributed by atoms with Crippen LogP contribution in [-0.4, -0.2) is 34.2 Å². The van der Waals surface area contributed by atoms with Crippen molar-refractivity contribution in [3.8, 4) is 5.75 Å². The molecule has 1 aromatic heterocycles. The van der Waals surface area contributed by atoms with Crippen molar-refractivity contribution in [2.45, 2.75) is 44.2 Å². The summed E-state index contributed by atoms with van der Waals surface area (Å²) in [5.41, 5.74) is 1.69. The summed E-state index contributed by atoms with van der Waals surface area (Å²) in [5.74, 6) is 0.858. The zero-order chi connectivity index (χ0) is 21.8. The van der Waals surface area contributed by atoms with Gasteiger partial charge in [0.25, 0.3) is 0 Å². The van der Waals surface area contributed by atoms with Gasteiger partial charge in [0.05, 0.1) is 13.3 Å². The molecule has 3 aromatic rings. The number of benzene rings is 2. The number of aromatic nitrogens is 2. The van der Waals surface area contributed by atoms with E-state index in [9.17, 15) is 9.59 Å². The fourth-order valence-electron chi connectivity index (χ4n) is 4.42. The summed E-state index contributed by atoms with van der Waals surface area (Å²) < 4.78 is 7.22. The lowest BCUT2D eigenvalue weighted by atomic mass is 9.83.